The Balaban J connectivity index is 1.28. The van der Waals surface area contributed by atoms with Gasteiger partial charge in [0.15, 0.2) is 17.3 Å². The van der Waals surface area contributed by atoms with Crippen molar-refractivity contribution in [1.82, 2.24) is 19.8 Å². The quantitative estimate of drug-likeness (QED) is 0.212. The van der Waals surface area contributed by atoms with Crippen molar-refractivity contribution in [3.05, 3.63) is 94.8 Å². The zero-order valence-corrected chi connectivity index (χ0v) is 25.2. The first-order valence-electron chi connectivity index (χ1n) is 15.3. The van der Waals surface area contributed by atoms with Gasteiger partial charge in [-0.2, -0.15) is 0 Å². The number of hydrogen-bond acceptors (Lipinski definition) is 7. The average Bonchev–Trinajstić information content (AvgIpc) is 3.45. The van der Waals surface area contributed by atoms with Crippen molar-refractivity contribution in [1.29, 1.82) is 0 Å². The Morgan fingerprint density at radius 3 is 2.76 bits per heavy atom. The molecule has 230 valence electrons. The van der Waals surface area contributed by atoms with Crippen LogP contribution in [0.25, 0.3) is 27.4 Å². The fourth-order valence-corrected chi connectivity index (χ4v) is 6.36. The molecule has 5 aromatic rings. The fourth-order valence-electron chi connectivity index (χ4n) is 6.36. The summed E-state index contributed by atoms with van der Waals surface area (Å²) in [4.78, 5) is 33.6. The third-order valence-corrected chi connectivity index (χ3v) is 8.71. The number of benzene rings is 3. The Bertz CT molecular complexity index is 1980. The molecule has 0 saturated carbocycles. The summed E-state index contributed by atoms with van der Waals surface area (Å²) in [5.41, 5.74) is 0.543. The average molecular weight is 608 g/mol. The first-order valence-corrected chi connectivity index (χ1v) is 15.3. The summed E-state index contributed by atoms with van der Waals surface area (Å²) >= 11 is 0. The standard InChI is InChI=1S/C35H34FN5O4/c1-21(44-25-10-5-12-37-19-25)18-39-31-28(36)17-26-32-34(31)45-30-16-23-8-4-3-7-22(23)15-29(30)41(32)20-27(33(26)42)35(43)38-13-11-24-9-6-14-40(24)2/h3-5,7-8,10,12,15-17,19-21,24,39H,6,9,11,13-14,18H2,1-2H3,(H,38,43). The summed E-state index contributed by atoms with van der Waals surface area (Å²) in [6.07, 6.45) is 7.51. The monoisotopic (exact) mass is 607 g/mol. The van der Waals surface area contributed by atoms with Gasteiger partial charge in [0.25, 0.3) is 5.91 Å². The Morgan fingerprint density at radius 1 is 1.18 bits per heavy atom. The second-order valence-corrected chi connectivity index (χ2v) is 11.8. The van der Waals surface area contributed by atoms with E-state index < -0.39 is 17.2 Å². The number of nitrogens with one attached hydrogen (secondary N) is 2. The van der Waals surface area contributed by atoms with Crippen LogP contribution in [0.3, 0.4) is 0 Å². The van der Waals surface area contributed by atoms with Crippen molar-refractivity contribution in [2.24, 2.45) is 0 Å². The number of fused-ring (bicyclic) bond motifs is 3. The highest BCUT2D eigenvalue weighted by Gasteiger charge is 2.29. The third kappa shape index (κ3) is 5.46. The number of carbonyl (C=O) groups excluding carboxylic acids is 1. The summed E-state index contributed by atoms with van der Waals surface area (Å²) in [5, 5.41) is 8.05. The number of halogens is 1. The molecule has 7 rings (SSSR count). The molecule has 9 nitrogen and oxygen atoms in total. The van der Waals surface area contributed by atoms with Crippen LogP contribution in [0.2, 0.25) is 0 Å². The van der Waals surface area contributed by atoms with Gasteiger partial charge in [0, 0.05) is 25.0 Å². The van der Waals surface area contributed by atoms with Gasteiger partial charge in [-0.05, 0) is 80.9 Å². The second kappa shape index (κ2) is 11.9. The van der Waals surface area contributed by atoms with E-state index in [4.69, 9.17) is 9.47 Å². The van der Waals surface area contributed by atoms with Gasteiger partial charge in [-0.1, -0.05) is 24.3 Å². The number of pyridine rings is 2. The zero-order chi connectivity index (χ0) is 31.1. The highest BCUT2D eigenvalue weighted by Crippen LogP contribution is 2.46. The highest BCUT2D eigenvalue weighted by molar-refractivity contribution is 6.02. The first-order chi connectivity index (χ1) is 21.9. The third-order valence-electron chi connectivity index (χ3n) is 8.71. The molecular weight excluding hydrogens is 573 g/mol. The summed E-state index contributed by atoms with van der Waals surface area (Å²) in [5.74, 6) is 0.107. The molecular formula is C35H34FN5O4. The van der Waals surface area contributed by atoms with Crippen molar-refractivity contribution >= 4 is 33.3 Å². The molecule has 10 heteroatoms. The largest absolute Gasteiger partial charge is 0.487 e. The maximum Gasteiger partial charge on any atom is 0.256 e. The van der Waals surface area contributed by atoms with Crippen LogP contribution in [-0.4, -0.2) is 59.2 Å². The van der Waals surface area contributed by atoms with Gasteiger partial charge < -0.3 is 29.6 Å². The maximum atomic E-state index is 15.9. The Hall–Kier alpha value is -4.96. The molecule has 2 atom stereocenters. The molecule has 0 spiro atoms. The summed E-state index contributed by atoms with van der Waals surface area (Å²) in [6, 6.07) is 16.8. The molecule has 0 aliphatic carbocycles. The topological polar surface area (TPSA) is 97.7 Å². The minimum Gasteiger partial charge on any atom is -0.487 e. The van der Waals surface area contributed by atoms with E-state index in [9.17, 15) is 9.59 Å². The van der Waals surface area contributed by atoms with Crippen LogP contribution in [0.15, 0.2) is 78.0 Å². The first kappa shape index (κ1) is 28.8. The molecule has 45 heavy (non-hydrogen) atoms. The minimum atomic E-state index is -0.666. The van der Waals surface area contributed by atoms with E-state index >= 15 is 4.39 Å². The SMILES string of the molecule is CC(CNc1c(F)cc2c(=O)c(C(=O)NCCC3CCCN3C)cn3c2c1Oc1cc2ccccc2cc1-3)Oc1cccnc1. The number of likely N-dealkylation sites (tertiary alicyclic amines) is 1. The Morgan fingerprint density at radius 2 is 2.00 bits per heavy atom. The molecule has 3 aromatic carbocycles. The van der Waals surface area contributed by atoms with E-state index in [-0.39, 0.29) is 35.0 Å². The van der Waals surface area contributed by atoms with Gasteiger partial charge in [-0.15, -0.1) is 0 Å². The van der Waals surface area contributed by atoms with Crippen LogP contribution in [0, 0.1) is 5.82 Å². The number of rotatable bonds is 9. The van der Waals surface area contributed by atoms with Gasteiger partial charge in [0.2, 0.25) is 5.43 Å². The molecule has 2 aliphatic heterocycles. The van der Waals surface area contributed by atoms with E-state index in [1.807, 2.05) is 43.3 Å². The summed E-state index contributed by atoms with van der Waals surface area (Å²) in [7, 11) is 2.09. The number of carbonyl (C=O) groups is 1. The lowest BCUT2D eigenvalue weighted by Gasteiger charge is -2.27. The molecule has 0 radical (unpaired) electrons. The zero-order valence-electron chi connectivity index (χ0n) is 25.2. The smallest absolute Gasteiger partial charge is 0.256 e. The Kier molecular flexibility index (Phi) is 7.58. The van der Waals surface area contributed by atoms with Crippen molar-refractivity contribution < 1.29 is 18.7 Å². The second-order valence-electron chi connectivity index (χ2n) is 11.8. The summed E-state index contributed by atoms with van der Waals surface area (Å²) < 4.78 is 30.0. The fraction of sp³-hybridized carbons (Fsp3) is 0.286. The predicted octanol–water partition coefficient (Wildman–Crippen LogP) is 5.88. The number of aromatic nitrogens is 2. The van der Waals surface area contributed by atoms with E-state index in [1.165, 1.54) is 6.07 Å². The normalized spacial score (nSPS) is 16.3. The molecule has 2 aliphatic rings. The lowest BCUT2D eigenvalue weighted by molar-refractivity contribution is 0.0949. The maximum absolute atomic E-state index is 15.9. The lowest BCUT2D eigenvalue weighted by Crippen LogP contribution is -2.34. The van der Waals surface area contributed by atoms with Crippen LogP contribution >= 0.6 is 0 Å². The summed E-state index contributed by atoms with van der Waals surface area (Å²) in [6.45, 7) is 3.60. The van der Waals surface area contributed by atoms with Crippen molar-refractivity contribution in [3.8, 4) is 22.9 Å². The van der Waals surface area contributed by atoms with Crippen LogP contribution in [0.1, 0.15) is 36.5 Å². The Labute approximate surface area is 259 Å². The molecule has 1 amide bonds. The van der Waals surface area contributed by atoms with Crippen LogP contribution in [0.4, 0.5) is 10.1 Å². The van der Waals surface area contributed by atoms with E-state index in [1.54, 1.807) is 35.3 Å². The van der Waals surface area contributed by atoms with Crippen molar-refractivity contribution in [3.63, 3.8) is 0 Å². The highest BCUT2D eigenvalue weighted by atomic mass is 19.1. The molecule has 0 bridgehead atoms. The number of anilines is 1. The van der Waals surface area contributed by atoms with E-state index in [0.29, 0.717) is 35.3 Å². The van der Waals surface area contributed by atoms with Gasteiger partial charge in [-0.3, -0.25) is 14.6 Å². The van der Waals surface area contributed by atoms with Gasteiger partial charge >= 0.3 is 0 Å². The molecule has 2 N–H and O–H groups in total. The van der Waals surface area contributed by atoms with Crippen LogP contribution < -0.4 is 25.5 Å². The molecule has 1 fully saturated rings. The van der Waals surface area contributed by atoms with Gasteiger partial charge in [0.1, 0.15) is 28.6 Å². The molecule has 1 saturated heterocycles. The number of ether oxygens (including phenoxy) is 2. The predicted molar refractivity (Wildman–Crippen MR) is 173 cm³/mol. The molecule has 2 aromatic heterocycles. The number of nitrogens with zero attached hydrogens (tertiary/aromatic N) is 3. The van der Waals surface area contributed by atoms with Crippen molar-refractivity contribution in [2.45, 2.75) is 38.3 Å². The number of amides is 1. The van der Waals surface area contributed by atoms with Crippen LogP contribution in [-0.2, 0) is 0 Å². The van der Waals surface area contributed by atoms with Crippen molar-refractivity contribution in [2.75, 3.05) is 32.0 Å². The molecule has 4 heterocycles. The van der Waals surface area contributed by atoms with Crippen LogP contribution in [0.5, 0.6) is 17.2 Å². The van der Waals surface area contributed by atoms with E-state index in [0.717, 1.165) is 36.6 Å². The molecule has 2 unspecified atom stereocenters. The van der Waals surface area contributed by atoms with E-state index in [2.05, 4.69) is 27.6 Å². The minimum absolute atomic E-state index is 0.0483. The lowest BCUT2D eigenvalue weighted by atomic mass is 10.0. The van der Waals surface area contributed by atoms with Gasteiger partial charge in [-0.25, -0.2) is 4.39 Å². The number of hydrogen-bond donors (Lipinski definition) is 2. The van der Waals surface area contributed by atoms with Gasteiger partial charge in [0.05, 0.1) is 23.8 Å².